The second kappa shape index (κ2) is 4.15. The molecular weight excluding hydrogens is 180 g/mol. The van der Waals surface area contributed by atoms with Crippen LogP contribution in [0, 0.1) is 6.92 Å². The lowest BCUT2D eigenvalue weighted by molar-refractivity contribution is 0.509. The van der Waals surface area contributed by atoms with E-state index in [1.165, 1.54) is 11.1 Å². The van der Waals surface area contributed by atoms with E-state index in [-0.39, 0.29) is 5.41 Å². The number of benzene rings is 1. The third-order valence-corrected chi connectivity index (χ3v) is 2.74. The molecule has 0 saturated heterocycles. The van der Waals surface area contributed by atoms with Crippen LogP contribution in [-0.4, -0.2) is 5.88 Å². The minimum Gasteiger partial charge on any atom is -0.127 e. The third kappa shape index (κ3) is 2.73. The molecule has 13 heavy (non-hydrogen) atoms. The third-order valence-electron chi connectivity index (χ3n) is 2.55. The highest BCUT2D eigenvalue weighted by Crippen LogP contribution is 2.27. The molecule has 0 bridgehead atoms. The lowest BCUT2D eigenvalue weighted by Gasteiger charge is -2.24. The average Bonchev–Trinajstić information content (AvgIpc) is 2.05. The van der Waals surface area contributed by atoms with Crippen molar-refractivity contribution in [1.29, 1.82) is 0 Å². The van der Waals surface area contributed by atoms with E-state index in [1.54, 1.807) is 0 Å². The van der Waals surface area contributed by atoms with Crippen LogP contribution in [0.1, 0.15) is 31.4 Å². The molecule has 1 aromatic carbocycles. The topological polar surface area (TPSA) is 0 Å². The van der Waals surface area contributed by atoms with E-state index in [9.17, 15) is 0 Å². The Morgan fingerprint density at radius 1 is 1.15 bits per heavy atom. The Labute approximate surface area is 85.9 Å². The van der Waals surface area contributed by atoms with E-state index >= 15 is 0 Å². The Morgan fingerprint density at radius 3 is 2.15 bits per heavy atom. The summed E-state index contributed by atoms with van der Waals surface area (Å²) in [7, 11) is 0. The van der Waals surface area contributed by atoms with Crippen molar-refractivity contribution in [2.75, 3.05) is 5.88 Å². The predicted octanol–water partition coefficient (Wildman–Crippen LogP) is 3.90. The molecule has 0 aliphatic carbocycles. The van der Waals surface area contributed by atoms with Gasteiger partial charge in [0.15, 0.2) is 0 Å². The lowest BCUT2D eigenvalue weighted by atomic mass is 9.82. The maximum Gasteiger partial charge on any atom is 0.0231 e. The smallest absolute Gasteiger partial charge is 0.0231 e. The molecule has 0 heterocycles. The highest BCUT2D eigenvalue weighted by atomic mass is 35.5. The fourth-order valence-corrected chi connectivity index (χ4v) is 1.86. The van der Waals surface area contributed by atoms with E-state index in [0.717, 1.165) is 12.3 Å². The molecule has 1 heteroatoms. The van der Waals surface area contributed by atoms with Crippen LogP contribution in [0.3, 0.4) is 0 Å². The van der Waals surface area contributed by atoms with E-state index in [2.05, 4.69) is 45.0 Å². The number of alkyl halides is 1. The van der Waals surface area contributed by atoms with Crippen LogP contribution >= 0.6 is 11.6 Å². The molecule has 0 fully saturated rings. The summed E-state index contributed by atoms with van der Waals surface area (Å²) in [5.74, 6) is 0.723. The van der Waals surface area contributed by atoms with Gasteiger partial charge in [-0.2, -0.15) is 0 Å². The van der Waals surface area contributed by atoms with E-state index in [1.807, 2.05) is 0 Å². The standard InChI is InChI=1S/C12H17Cl/c1-10-4-6-11(7-5-10)12(2,3)8-9-13/h4-7H,8-9H2,1-3H3. The van der Waals surface area contributed by atoms with E-state index < -0.39 is 0 Å². The first-order valence-corrected chi connectivity index (χ1v) is 5.23. The molecule has 0 aliphatic heterocycles. The van der Waals surface area contributed by atoms with Crippen molar-refractivity contribution in [3.63, 3.8) is 0 Å². The summed E-state index contributed by atoms with van der Waals surface area (Å²) >= 11 is 5.77. The predicted molar refractivity (Wildman–Crippen MR) is 59.5 cm³/mol. The fraction of sp³-hybridized carbons (Fsp3) is 0.500. The zero-order chi connectivity index (χ0) is 9.90. The molecule has 0 unspecified atom stereocenters. The van der Waals surface area contributed by atoms with Crippen LogP contribution in [-0.2, 0) is 5.41 Å². The summed E-state index contributed by atoms with van der Waals surface area (Å²) in [5.41, 5.74) is 2.89. The Hall–Kier alpha value is -0.490. The van der Waals surface area contributed by atoms with Crippen LogP contribution in [0.25, 0.3) is 0 Å². The van der Waals surface area contributed by atoms with Crippen molar-refractivity contribution in [3.8, 4) is 0 Å². The van der Waals surface area contributed by atoms with Gasteiger partial charge in [-0.25, -0.2) is 0 Å². The van der Waals surface area contributed by atoms with Gasteiger partial charge in [0.25, 0.3) is 0 Å². The van der Waals surface area contributed by atoms with Crippen LogP contribution in [0.4, 0.5) is 0 Å². The summed E-state index contributed by atoms with van der Waals surface area (Å²) in [5, 5.41) is 0. The maximum atomic E-state index is 5.77. The minimum absolute atomic E-state index is 0.204. The Bertz CT molecular complexity index is 259. The molecule has 0 amide bonds. The number of rotatable bonds is 3. The highest BCUT2D eigenvalue weighted by molar-refractivity contribution is 6.17. The summed E-state index contributed by atoms with van der Waals surface area (Å²) < 4.78 is 0. The van der Waals surface area contributed by atoms with E-state index in [0.29, 0.717) is 0 Å². The lowest BCUT2D eigenvalue weighted by Crippen LogP contribution is -2.17. The second-order valence-electron chi connectivity index (χ2n) is 4.19. The molecule has 0 spiro atoms. The number of hydrogen-bond donors (Lipinski definition) is 0. The summed E-state index contributed by atoms with van der Waals surface area (Å²) in [4.78, 5) is 0. The Balaban J connectivity index is 2.87. The van der Waals surface area contributed by atoms with Gasteiger partial charge in [0.2, 0.25) is 0 Å². The molecule has 0 aliphatic rings. The van der Waals surface area contributed by atoms with Crippen LogP contribution < -0.4 is 0 Å². The van der Waals surface area contributed by atoms with Gasteiger partial charge in [-0.15, -0.1) is 11.6 Å². The van der Waals surface area contributed by atoms with Gasteiger partial charge in [-0.05, 0) is 24.3 Å². The van der Waals surface area contributed by atoms with Crippen molar-refractivity contribution in [3.05, 3.63) is 35.4 Å². The molecule has 0 N–H and O–H groups in total. The van der Waals surface area contributed by atoms with Crippen LogP contribution in [0.2, 0.25) is 0 Å². The van der Waals surface area contributed by atoms with Crippen molar-refractivity contribution in [1.82, 2.24) is 0 Å². The van der Waals surface area contributed by atoms with Crippen molar-refractivity contribution in [2.45, 2.75) is 32.6 Å². The normalized spacial score (nSPS) is 11.7. The Morgan fingerprint density at radius 2 is 1.69 bits per heavy atom. The molecule has 72 valence electrons. The fourth-order valence-electron chi connectivity index (χ4n) is 1.39. The first-order valence-electron chi connectivity index (χ1n) is 4.69. The molecule has 1 rings (SSSR count). The summed E-state index contributed by atoms with van der Waals surface area (Å²) in [6, 6.07) is 8.71. The van der Waals surface area contributed by atoms with Gasteiger partial charge < -0.3 is 0 Å². The molecule has 0 atom stereocenters. The van der Waals surface area contributed by atoms with Gasteiger partial charge in [0.1, 0.15) is 0 Å². The number of hydrogen-bond acceptors (Lipinski definition) is 0. The molecular formula is C12H17Cl. The number of aryl methyl sites for hydroxylation is 1. The van der Waals surface area contributed by atoms with Crippen LogP contribution in [0.5, 0.6) is 0 Å². The molecule has 0 saturated carbocycles. The molecule has 1 aromatic rings. The zero-order valence-electron chi connectivity index (χ0n) is 8.60. The highest BCUT2D eigenvalue weighted by Gasteiger charge is 2.18. The second-order valence-corrected chi connectivity index (χ2v) is 4.57. The SMILES string of the molecule is Cc1ccc(C(C)(C)CCCl)cc1. The van der Waals surface area contributed by atoms with E-state index in [4.69, 9.17) is 11.6 Å². The van der Waals surface area contributed by atoms with Gasteiger partial charge in [0, 0.05) is 5.88 Å². The van der Waals surface area contributed by atoms with Crippen molar-refractivity contribution in [2.24, 2.45) is 0 Å². The number of halogens is 1. The van der Waals surface area contributed by atoms with Gasteiger partial charge in [-0.1, -0.05) is 43.7 Å². The maximum absolute atomic E-state index is 5.77. The summed E-state index contributed by atoms with van der Waals surface area (Å²) in [6.07, 6.45) is 1.03. The summed E-state index contributed by atoms with van der Waals surface area (Å²) in [6.45, 7) is 6.58. The largest absolute Gasteiger partial charge is 0.127 e. The molecule has 0 radical (unpaired) electrons. The van der Waals surface area contributed by atoms with Crippen LogP contribution in [0.15, 0.2) is 24.3 Å². The first kappa shape index (κ1) is 10.6. The Kier molecular flexibility index (Phi) is 3.38. The van der Waals surface area contributed by atoms with Gasteiger partial charge in [-0.3, -0.25) is 0 Å². The average molecular weight is 197 g/mol. The van der Waals surface area contributed by atoms with Crippen molar-refractivity contribution < 1.29 is 0 Å². The zero-order valence-corrected chi connectivity index (χ0v) is 9.36. The first-order chi connectivity index (χ1) is 6.06. The quantitative estimate of drug-likeness (QED) is 0.644. The van der Waals surface area contributed by atoms with Gasteiger partial charge >= 0.3 is 0 Å². The monoisotopic (exact) mass is 196 g/mol. The molecule has 0 nitrogen and oxygen atoms in total. The minimum atomic E-state index is 0.204. The van der Waals surface area contributed by atoms with Crippen molar-refractivity contribution >= 4 is 11.6 Å². The van der Waals surface area contributed by atoms with Gasteiger partial charge in [0.05, 0.1) is 0 Å². The molecule has 0 aromatic heterocycles.